The molecule has 26 heavy (non-hydrogen) atoms. The van der Waals surface area contributed by atoms with Crippen molar-refractivity contribution in [2.45, 2.75) is 31.6 Å². The van der Waals surface area contributed by atoms with Crippen molar-refractivity contribution < 1.29 is 17.6 Å². The molecule has 3 N–H and O–H groups in total. The lowest BCUT2D eigenvalue weighted by Crippen LogP contribution is -2.16. The third-order valence-corrected chi connectivity index (χ3v) is 5.04. The average molecular weight is 373 g/mol. The first-order chi connectivity index (χ1) is 12.2. The minimum Gasteiger partial charge on any atom is -0.441 e. The standard InChI is InChI=1S/C18H19N3O4S/c1-11-9-13(26(19,23)24)10-15(12(11)2)20-17(22)7-8-18-21-14-5-3-4-6-16(14)25-18/h3-6,9-10H,7-8H2,1-2H3,(H,20,22)(H2,19,23,24). The molecule has 2 aromatic carbocycles. The van der Waals surface area contributed by atoms with E-state index in [0.717, 1.165) is 16.6 Å². The number of oxazole rings is 1. The summed E-state index contributed by atoms with van der Waals surface area (Å²) < 4.78 is 28.7. The number of amides is 1. The Balaban J connectivity index is 1.72. The summed E-state index contributed by atoms with van der Waals surface area (Å²) in [7, 11) is -3.85. The molecule has 0 radical (unpaired) electrons. The van der Waals surface area contributed by atoms with Crippen LogP contribution in [0.4, 0.5) is 5.69 Å². The molecule has 0 saturated heterocycles. The number of sulfonamides is 1. The number of anilines is 1. The van der Waals surface area contributed by atoms with Crippen LogP contribution in [0.15, 0.2) is 45.7 Å². The molecule has 0 aliphatic heterocycles. The van der Waals surface area contributed by atoms with Gasteiger partial charge in [-0.25, -0.2) is 18.5 Å². The van der Waals surface area contributed by atoms with Gasteiger partial charge in [0.05, 0.1) is 4.90 Å². The maximum absolute atomic E-state index is 12.3. The van der Waals surface area contributed by atoms with Gasteiger partial charge in [0.2, 0.25) is 15.9 Å². The number of primary sulfonamides is 1. The first kappa shape index (κ1) is 18.1. The zero-order chi connectivity index (χ0) is 18.9. The number of para-hydroxylation sites is 2. The van der Waals surface area contributed by atoms with Crippen molar-refractivity contribution in [3.8, 4) is 0 Å². The molecule has 3 rings (SSSR count). The van der Waals surface area contributed by atoms with Gasteiger partial charge in [-0.3, -0.25) is 4.79 Å². The van der Waals surface area contributed by atoms with E-state index in [2.05, 4.69) is 10.3 Å². The van der Waals surface area contributed by atoms with Crippen molar-refractivity contribution in [2.75, 3.05) is 5.32 Å². The largest absolute Gasteiger partial charge is 0.441 e. The van der Waals surface area contributed by atoms with Crippen LogP contribution in [-0.2, 0) is 21.2 Å². The van der Waals surface area contributed by atoms with E-state index in [1.54, 1.807) is 13.8 Å². The van der Waals surface area contributed by atoms with Gasteiger partial charge in [0.1, 0.15) is 5.52 Å². The molecular formula is C18H19N3O4S. The van der Waals surface area contributed by atoms with Crippen LogP contribution >= 0.6 is 0 Å². The number of nitrogens with two attached hydrogens (primary N) is 1. The summed E-state index contributed by atoms with van der Waals surface area (Å²) in [6, 6.07) is 10.2. The fourth-order valence-electron chi connectivity index (χ4n) is 2.58. The summed E-state index contributed by atoms with van der Waals surface area (Å²) in [5, 5.41) is 7.92. The van der Waals surface area contributed by atoms with Crippen LogP contribution < -0.4 is 10.5 Å². The second kappa shape index (κ2) is 6.89. The van der Waals surface area contributed by atoms with Crippen LogP contribution in [0.2, 0.25) is 0 Å². The fraction of sp³-hybridized carbons (Fsp3) is 0.222. The van der Waals surface area contributed by atoms with E-state index >= 15 is 0 Å². The van der Waals surface area contributed by atoms with Crippen molar-refractivity contribution in [2.24, 2.45) is 5.14 Å². The van der Waals surface area contributed by atoms with Crippen LogP contribution in [0.5, 0.6) is 0 Å². The maximum atomic E-state index is 12.3. The molecule has 3 aromatic rings. The van der Waals surface area contributed by atoms with Crippen LogP contribution in [0.1, 0.15) is 23.4 Å². The first-order valence-corrected chi connectivity index (χ1v) is 9.57. The number of nitrogens with zero attached hydrogens (tertiary/aromatic N) is 1. The number of aryl methyl sites for hydroxylation is 2. The van der Waals surface area contributed by atoms with Gasteiger partial charge in [-0.05, 0) is 49.2 Å². The highest BCUT2D eigenvalue weighted by molar-refractivity contribution is 7.89. The average Bonchev–Trinajstić information content (AvgIpc) is 2.99. The van der Waals surface area contributed by atoms with Crippen LogP contribution in [0.25, 0.3) is 11.1 Å². The van der Waals surface area contributed by atoms with Crippen LogP contribution in [-0.4, -0.2) is 19.3 Å². The van der Waals surface area contributed by atoms with Crippen molar-refractivity contribution >= 4 is 32.7 Å². The zero-order valence-electron chi connectivity index (χ0n) is 14.4. The number of carbonyl (C=O) groups excluding carboxylic acids is 1. The van der Waals surface area contributed by atoms with Gasteiger partial charge in [-0.15, -0.1) is 0 Å². The Morgan fingerprint density at radius 1 is 1.23 bits per heavy atom. The molecule has 8 heteroatoms. The minimum absolute atomic E-state index is 0.0325. The van der Waals surface area contributed by atoms with E-state index in [1.807, 2.05) is 24.3 Å². The number of aromatic nitrogens is 1. The number of carbonyl (C=O) groups is 1. The number of rotatable bonds is 5. The first-order valence-electron chi connectivity index (χ1n) is 8.02. The molecule has 1 heterocycles. The van der Waals surface area contributed by atoms with E-state index < -0.39 is 10.0 Å². The van der Waals surface area contributed by atoms with E-state index in [0.29, 0.717) is 23.6 Å². The normalized spacial score (nSPS) is 11.7. The Bertz CT molecular complexity index is 1050. The highest BCUT2D eigenvalue weighted by Crippen LogP contribution is 2.24. The quantitative estimate of drug-likeness (QED) is 0.713. The smallest absolute Gasteiger partial charge is 0.238 e. The molecule has 0 saturated carbocycles. The van der Waals surface area contributed by atoms with Crippen molar-refractivity contribution in [3.05, 3.63) is 53.4 Å². The summed E-state index contributed by atoms with van der Waals surface area (Å²) >= 11 is 0. The van der Waals surface area contributed by atoms with Crippen molar-refractivity contribution in [1.82, 2.24) is 4.98 Å². The summed E-state index contributed by atoms with van der Waals surface area (Å²) in [6.07, 6.45) is 0.498. The molecule has 1 aromatic heterocycles. The van der Waals surface area contributed by atoms with E-state index in [9.17, 15) is 13.2 Å². The van der Waals surface area contributed by atoms with Gasteiger partial charge in [-0.2, -0.15) is 0 Å². The molecule has 7 nitrogen and oxygen atoms in total. The topological polar surface area (TPSA) is 115 Å². The van der Waals surface area contributed by atoms with Crippen molar-refractivity contribution in [1.29, 1.82) is 0 Å². The number of fused-ring (bicyclic) bond motifs is 1. The number of benzene rings is 2. The van der Waals surface area contributed by atoms with Gasteiger partial charge >= 0.3 is 0 Å². The molecule has 1 amide bonds. The van der Waals surface area contributed by atoms with Gasteiger partial charge in [0, 0.05) is 18.5 Å². The van der Waals surface area contributed by atoms with Crippen molar-refractivity contribution in [3.63, 3.8) is 0 Å². The van der Waals surface area contributed by atoms with Gasteiger partial charge < -0.3 is 9.73 Å². The number of hydrogen-bond donors (Lipinski definition) is 2. The third-order valence-electron chi connectivity index (χ3n) is 4.15. The van der Waals surface area contributed by atoms with E-state index in [-0.39, 0.29) is 17.2 Å². The SMILES string of the molecule is Cc1cc(S(N)(=O)=O)cc(NC(=O)CCc2nc3ccccc3o2)c1C. The molecule has 136 valence electrons. The Morgan fingerprint density at radius 3 is 2.65 bits per heavy atom. The number of hydrogen-bond acceptors (Lipinski definition) is 5. The highest BCUT2D eigenvalue weighted by atomic mass is 32.2. The highest BCUT2D eigenvalue weighted by Gasteiger charge is 2.15. The summed E-state index contributed by atoms with van der Waals surface area (Å²) in [6.45, 7) is 3.57. The van der Waals surface area contributed by atoms with E-state index in [4.69, 9.17) is 9.56 Å². The van der Waals surface area contributed by atoms with Crippen LogP contribution in [0, 0.1) is 13.8 Å². The van der Waals surface area contributed by atoms with Gasteiger partial charge in [0.25, 0.3) is 0 Å². The molecule has 0 aliphatic carbocycles. The fourth-order valence-corrected chi connectivity index (χ4v) is 3.20. The minimum atomic E-state index is -3.85. The molecule has 0 atom stereocenters. The maximum Gasteiger partial charge on any atom is 0.238 e. The second-order valence-corrected chi connectivity index (χ2v) is 7.64. The monoisotopic (exact) mass is 373 g/mol. The molecule has 0 bridgehead atoms. The van der Waals surface area contributed by atoms with E-state index in [1.165, 1.54) is 12.1 Å². The lowest BCUT2D eigenvalue weighted by molar-refractivity contribution is -0.116. The summed E-state index contributed by atoms with van der Waals surface area (Å²) in [4.78, 5) is 16.6. The Kier molecular flexibility index (Phi) is 4.80. The Labute approximate surface area is 151 Å². The zero-order valence-corrected chi connectivity index (χ0v) is 15.3. The predicted molar refractivity (Wildman–Crippen MR) is 98.2 cm³/mol. The molecule has 0 spiro atoms. The molecular weight excluding hydrogens is 354 g/mol. The van der Waals surface area contributed by atoms with Crippen LogP contribution in [0.3, 0.4) is 0 Å². The summed E-state index contributed by atoms with van der Waals surface area (Å²) in [5.74, 6) is 0.217. The molecule has 0 aliphatic rings. The molecule has 0 unspecified atom stereocenters. The second-order valence-electron chi connectivity index (χ2n) is 6.08. The molecule has 0 fully saturated rings. The van der Waals surface area contributed by atoms with Gasteiger partial charge in [0.15, 0.2) is 11.5 Å². The lowest BCUT2D eigenvalue weighted by atomic mass is 10.1. The number of nitrogens with one attached hydrogen (secondary N) is 1. The lowest BCUT2D eigenvalue weighted by Gasteiger charge is -2.12. The Hall–Kier alpha value is -2.71. The van der Waals surface area contributed by atoms with Gasteiger partial charge in [-0.1, -0.05) is 12.1 Å². The Morgan fingerprint density at radius 2 is 1.96 bits per heavy atom. The predicted octanol–water partition coefficient (Wildman–Crippen LogP) is 2.66. The summed E-state index contributed by atoms with van der Waals surface area (Å²) in [5.41, 5.74) is 3.36. The third kappa shape index (κ3) is 3.92.